The highest BCUT2D eigenvalue weighted by atomic mass is 16.5. The summed E-state index contributed by atoms with van der Waals surface area (Å²) in [6.45, 7) is 5.82. The third kappa shape index (κ3) is 3.06. The molecular weight excluding hydrogens is 218 g/mol. The van der Waals surface area contributed by atoms with E-state index in [0.717, 1.165) is 5.69 Å². The van der Waals surface area contributed by atoms with Crippen molar-refractivity contribution in [1.29, 1.82) is 0 Å². The molecule has 1 heterocycles. The van der Waals surface area contributed by atoms with Crippen LogP contribution in [0, 0.1) is 6.92 Å². The predicted octanol–water partition coefficient (Wildman–Crippen LogP) is 1.29. The number of aromatic nitrogens is 2. The van der Waals surface area contributed by atoms with Crippen LogP contribution in [0.25, 0.3) is 0 Å². The van der Waals surface area contributed by atoms with Crippen LogP contribution in [0.2, 0.25) is 0 Å². The molecule has 0 saturated carbocycles. The highest BCUT2D eigenvalue weighted by Crippen LogP contribution is 2.21. The molecule has 1 N–H and O–H groups in total. The number of aryl methyl sites for hydroxylation is 1. The van der Waals surface area contributed by atoms with E-state index in [1.807, 2.05) is 37.7 Å². The van der Waals surface area contributed by atoms with Crippen molar-refractivity contribution in [2.75, 3.05) is 14.2 Å². The standard InChI is InChI=1S/C12H21N3O2/c1-9-6-7-15(14-9)10(2)8-12(3,13-4)11(16)17-5/h6-7,10,13H,8H2,1-5H3. The molecule has 1 aromatic rings. The minimum Gasteiger partial charge on any atom is -0.468 e. The van der Waals surface area contributed by atoms with E-state index in [1.165, 1.54) is 7.11 Å². The van der Waals surface area contributed by atoms with E-state index in [4.69, 9.17) is 4.74 Å². The van der Waals surface area contributed by atoms with Crippen LogP contribution in [0.3, 0.4) is 0 Å². The molecule has 2 atom stereocenters. The zero-order chi connectivity index (χ0) is 13.1. The summed E-state index contributed by atoms with van der Waals surface area (Å²) in [5.74, 6) is -0.254. The van der Waals surface area contributed by atoms with Crippen molar-refractivity contribution in [3.05, 3.63) is 18.0 Å². The van der Waals surface area contributed by atoms with Crippen LogP contribution < -0.4 is 5.32 Å². The number of hydrogen-bond acceptors (Lipinski definition) is 4. The van der Waals surface area contributed by atoms with Gasteiger partial charge in [0.1, 0.15) is 5.54 Å². The first-order chi connectivity index (χ1) is 7.92. The molecule has 0 bridgehead atoms. The largest absolute Gasteiger partial charge is 0.468 e. The average Bonchev–Trinajstić information content (AvgIpc) is 2.74. The Morgan fingerprint density at radius 3 is 2.76 bits per heavy atom. The number of carbonyl (C=O) groups excluding carboxylic acids is 1. The zero-order valence-corrected chi connectivity index (χ0v) is 11.2. The molecule has 0 aliphatic heterocycles. The number of esters is 1. The SMILES string of the molecule is CNC(C)(CC(C)n1ccc(C)n1)C(=O)OC. The highest BCUT2D eigenvalue weighted by Gasteiger charge is 2.34. The van der Waals surface area contributed by atoms with Crippen LogP contribution in [-0.4, -0.2) is 35.4 Å². The fourth-order valence-corrected chi connectivity index (χ4v) is 1.88. The Morgan fingerprint density at radius 1 is 1.71 bits per heavy atom. The van der Waals surface area contributed by atoms with Crippen molar-refractivity contribution < 1.29 is 9.53 Å². The molecule has 5 nitrogen and oxygen atoms in total. The van der Waals surface area contributed by atoms with Gasteiger partial charge in [-0.1, -0.05) is 0 Å². The number of nitrogens with zero attached hydrogens (tertiary/aromatic N) is 2. The van der Waals surface area contributed by atoms with Crippen molar-refractivity contribution >= 4 is 5.97 Å². The molecule has 0 spiro atoms. The number of nitrogens with one attached hydrogen (secondary N) is 1. The number of methoxy groups -OCH3 is 1. The Hall–Kier alpha value is -1.36. The number of likely N-dealkylation sites (N-methyl/N-ethyl adjacent to an activating group) is 1. The Kier molecular flexibility index (Phi) is 4.28. The number of hydrogen-bond donors (Lipinski definition) is 1. The van der Waals surface area contributed by atoms with Gasteiger partial charge < -0.3 is 10.1 Å². The summed E-state index contributed by atoms with van der Waals surface area (Å²) in [5.41, 5.74) is 0.287. The topological polar surface area (TPSA) is 56.2 Å². The fraction of sp³-hybridized carbons (Fsp3) is 0.667. The van der Waals surface area contributed by atoms with Gasteiger partial charge in [0.15, 0.2) is 0 Å². The average molecular weight is 239 g/mol. The van der Waals surface area contributed by atoms with Crippen LogP contribution in [0.15, 0.2) is 12.3 Å². The lowest BCUT2D eigenvalue weighted by Gasteiger charge is -2.29. The van der Waals surface area contributed by atoms with Crippen LogP contribution in [0.4, 0.5) is 0 Å². The monoisotopic (exact) mass is 239 g/mol. The molecule has 0 fully saturated rings. The Morgan fingerprint density at radius 2 is 2.35 bits per heavy atom. The molecule has 0 saturated heterocycles. The van der Waals surface area contributed by atoms with Crippen molar-refractivity contribution in [1.82, 2.24) is 15.1 Å². The summed E-state index contributed by atoms with van der Waals surface area (Å²) >= 11 is 0. The van der Waals surface area contributed by atoms with Gasteiger partial charge in [-0.2, -0.15) is 5.10 Å². The quantitative estimate of drug-likeness (QED) is 0.787. The summed E-state index contributed by atoms with van der Waals surface area (Å²) in [7, 11) is 3.17. The van der Waals surface area contributed by atoms with Gasteiger partial charge in [-0.25, -0.2) is 0 Å². The first kappa shape index (κ1) is 13.7. The van der Waals surface area contributed by atoms with E-state index in [9.17, 15) is 4.79 Å². The maximum atomic E-state index is 11.7. The van der Waals surface area contributed by atoms with Crippen LogP contribution in [0.5, 0.6) is 0 Å². The molecule has 17 heavy (non-hydrogen) atoms. The van der Waals surface area contributed by atoms with Gasteiger partial charge in [0, 0.05) is 6.20 Å². The molecule has 0 aromatic carbocycles. The summed E-state index contributed by atoms with van der Waals surface area (Å²) < 4.78 is 6.69. The molecule has 0 aliphatic carbocycles. The Bertz CT molecular complexity index is 389. The normalized spacial score (nSPS) is 16.3. The first-order valence-corrected chi connectivity index (χ1v) is 5.72. The number of ether oxygens (including phenoxy) is 1. The maximum absolute atomic E-state index is 11.7. The Labute approximate surface area is 102 Å². The predicted molar refractivity (Wildman–Crippen MR) is 65.8 cm³/mol. The molecule has 2 unspecified atom stereocenters. The van der Waals surface area contributed by atoms with Gasteiger partial charge in [0.25, 0.3) is 0 Å². The lowest BCUT2D eigenvalue weighted by molar-refractivity contribution is -0.148. The van der Waals surface area contributed by atoms with Crippen LogP contribution >= 0.6 is 0 Å². The minimum atomic E-state index is -0.686. The van der Waals surface area contributed by atoms with Crippen LogP contribution in [-0.2, 0) is 9.53 Å². The molecular formula is C12H21N3O2. The highest BCUT2D eigenvalue weighted by molar-refractivity contribution is 5.80. The van der Waals surface area contributed by atoms with Gasteiger partial charge in [-0.05, 0) is 40.3 Å². The van der Waals surface area contributed by atoms with E-state index in [0.29, 0.717) is 6.42 Å². The van der Waals surface area contributed by atoms with Crippen molar-refractivity contribution in [3.63, 3.8) is 0 Å². The smallest absolute Gasteiger partial charge is 0.325 e. The third-order valence-electron chi connectivity index (χ3n) is 3.08. The van der Waals surface area contributed by atoms with E-state index < -0.39 is 5.54 Å². The number of rotatable bonds is 5. The first-order valence-electron chi connectivity index (χ1n) is 5.72. The van der Waals surface area contributed by atoms with Gasteiger partial charge in [-0.15, -0.1) is 0 Å². The zero-order valence-electron chi connectivity index (χ0n) is 11.2. The van der Waals surface area contributed by atoms with Gasteiger partial charge in [0.2, 0.25) is 0 Å². The molecule has 96 valence electrons. The van der Waals surface area contributed by atoms with Crippen molar-refractivity contribution in [2.24, 2.45) is 0 Å². The lowest BCUT2D eigenvalue weighted by atomic mass is 9.94. The molecule has 5 heteroatoms. The summed E-state index contributed by atoms with van der Waals surface area (Å²) in [6, 6.07) is 2.07. The maximum Gasteiger partial charge on any atom is 0.325 e. The van der Waals surface area contributed by atoms with Gasteiger partial charge in [0.05, 0.1) is 18.8 Å². The summed E-state index contributed by atoms with van der Waals surface area (Å²) in [5, 5.41) is 7.37. The lowest BCUT2D eigenvalue weighted by Crippen LogP contribution is -2.49. The second-order valence-electron chi connectivity index (χ2n) is 4.56. The van der Waals surface area contributed by atoms with E-state index in [2.05, 4.69) is 10.4 Å². The second-order valence-corrected chi connectivity index (χ2v) is 4.56. The third-order valence-corrected chi connectivity index (χ3v) is 3.08. The van der Waals surface area contributed by atoms with E-state index in [-0.39, 0.29) is 12.0 Å². The minimum absolute atomic E-state index is 0.125. The second kappa shape index (κ2) is 5.31. The summed E-state index contributed by atoms with van der Waals surface area (Å²) in [4.78, 5) is 11.7. The molecule has 0 radical (unpaired) electrons. The molecule has 0 aliphatic rings. The van der Waals surface area contributed by atoms with Crippen molar-refractivity contribution in [2.45, 2.75) is 38.8 Å². The van der Waals surface area contributed by atoms with Crippen LogP contribution in [0.1, 0.15) is 32.0 Å². The van der Waals surface area contributed by atoms with E-state index in [1.54, 1.807) is 7.05 Å². The van der Waals surface area contributed by atoms with Crippen molar-refractivity contribution in [3.8, 4) is 0 Å². The molecule has 0 amide bonds. The molecule has 1 aromatic heterocycles. The van der Waals surface area contributed by atoms with Gasteiger partial charge in [-0.3, -0.25) is 9.48 Å². The summed E-state index contributed by atoms with van der Waals surface area (Å²) in [6.07, 6.45) is 2.55. The van der Waals surface area contributed by atoms with Gasteiger partial charge >= 0.3 is 5.97 Å². The number of carbonyl (C=O) groups is 1. The fourth-order valence-electron chi connectivity index (χ4n) is 1.88. The van der Waals surface area contributed by atoms with E-state index >= 15 is 0 Å². The Balaban J connectivity index is 2.78. The molecule has 1 rings (SSSR count).